The Kier molecular flexibility index (Phi) is 7.97. The molecule has 0 radical (unpaired) electrons. The van der Waals surface area contributed by atoms with Gasteiger partial charge in [0.25, 0.3) is 0 Å². The maximum absolute atomic E-state index is 6.23. The molecule has 0 heterocycles. The number of ether oxygens (including phenoxy) is 2. The highest BCUT2D eigenvalue weighted by atomic mass is 16.5. The van der Waals surface area contributed by atoms with Gasteiger partial charge in [0.2, 0.25) is 0 Å². The predicted octanol–water partition coefficient (Wildman–Crippen LogP) is 0.216. The molecule has 3 atom stereocenters. The Morgan fingerprint density at radius 2 is 1.31 bits per heavy atom. The van der Waals surface area contributed by atoms with Crippen LogP contribution in [0.25, 0.3) is 0 Å². The van der Waals surface area contributed by atoms with Gasteiger partial charge in [-0.05, 0) is 35.4 Å². The molecule has 2 aromatic rings. The molecule has 0 fully saturated rings. The summed E-state index contributed by atoms with van der Waals surface area (Å²) in [6, 6.07) is 13.3. The van der Waals surface area contributed by atoms with Gasteiger partial charge in [0.05, 0.1) is 0 Å². The summed E-state index contributed by atoms with van der Waals surface area (Å²) in [7, 11) is 0. The summed E-state index contributed by atoms with van der Waals surface area (Å²) in [5.74, 6) is 1.27. The van der Waals surface area contributed by atoms with Crippen LogP contribution in [0.15, 0.2) is 42.5 Å². The van der Waals surface area contributed by atoms with Crippen LogP contribution in [0.1, 0.15) is 36.6 Å². The van der Waals surface area contributed by atoms with Gasteiger partial charge in [-0.3, -0.25) is 11.5 Å². The Bertz CT molecular complexity index is 781. The molecule has 8 nitrogen and oxygen atoms in total. The van der Waals surface area contributed by atoms with E-state index in [9.17, 15) is 0 Å². The molecule has 160 valence electrons. The molecule has 0 spiro atoms. The molecule has 0 aliphatic heterocycles. The molecule has 0 aliphatic carbocycles. The van der Waals surface area contributed by atoms with Gasteiger partial charge >= 0.3 is 0 Å². The monoisotopic (exact) mass is 402 g/mol. The summed E-state index contributed by atoms with van der Waals surface area (Å²) in [4.78, 5) is 0. The van der Waals surface area contributed by atoms with Crippen LogP contribution in [0.5, 0.6) is 11.5 Å². The number of hydrogen-bond acceptors (Lipinski definition) is 8. The highest BCUT2D eigenvalue weighted by molar-refractivity contribution is 5.46. The molecule has 29 heavy (non-hydrogen) atoms. The van der Waals surface area contributed by atoms with Gasteiger partial charge in [0.1, 0.15) is 11.5 Å². The standard InChI is InChI=1S/C21H34N6O2/c1-21(2,13-3-6-15(7-4-13)28-19(26)11-23)14-5-8-18(29-20(27)12-24)16(9-14)17(25)10-22/h3-9,17,19-20H,10-12,22-27H2,1-2H3. The third-order valence-corrected chi connectivity index (χ3v) is 4.99. The fourth-order valence-electron chi connectivity index (χ4n) is 3.01. The smallest absolute Gasteiger partial charge is 0.160 e. The molecular weight excluding hydrogens is 368 g/mol. The van der Waals surface area contributed by atoms with Crippen LogP contribution in [0.2, 0.25) is 0 Å². The number of nitrogens with two attached hydrogens (primary N) is 6. The van der Waals surface area contributed by atoms with Crippen molar-refractivity contribution in [1.82, 2.24) is 0 Å². The molecule has 2 aromatic carbocycles. The Morgan fingerprint density at radius 3 is 1.86 bits per heavy atom. The summed E-state index contributed by atoms with van der Waals surface area (Å²) in [5, 5.41) is 0. The lowest BCUT2D eigenvalue weighted by molar-refractivity contribution is 0.214. The van der Waals surface area contributed by atoms with Gasteiger partial charge in [0.15, 0.2) is 12.5 Å². The Labute approximate surface area is 172 Å². The molecule has 8 heteroatoms. The molecule has 2 rings (SSSR count). The van der Waals surface area contributed by atoms with Crippen molar-refractivity contribution in [3.8, 4) is 11.5 Å². The van der Waals surface area contributed by atoms with E-state index in [4.69, 9.17) is 43.9 Å². The lowest BCUT2D eigenvalue weighted by Crippen LogP contribution is -2.36. The molecular formula is C21H34N6O2. The highest BCUT2D eigenvalue weighted by Gasteiger charge is 2.25. The fourth-order valence-corrected chi connectivity index (χ4v) is 3.01. The van der Waals surface area contributed by atoms with Gasteiger partial charge in [-0.2, -0.15) is 0 Å². The number of benzene rings is 2. The van der Waals surface area contributed by atoms with Crippen LogP contribution >= 0.6 is 0 Å². The lowest BCUT2D eigenvalue weighted by atomic mass is 9.77. The first kappa shape index (κ1) is 23.1. The minimum absolute atomic E-state index is 0.201. The minimum Gasteiger partial charge on any atom is -0.474 e. The Balaban J connectivity index is 2.35. The molecule has 0 amide bonds. The van der Waals surface area contributed by atoms with E-state index >= 15 is 0 Å². The average molecular weight is 403 g/mol. The zero-order chi connectivity index (χ0) is 21.6. The molecule has 0 saturated carbocycles. The van der Waals surface area contributed by atoms with E-state index in [1.807, 2.05) is 42.5 Å². The van der Waals surface area contributed by atoms with Crippen LogP contribution in [-0.2, 0) is 5.41 Å². The SMILES string of the molecule is CC(C)(c1ccc(OC(N)CN)cc1)c1ccc(OC(N)CN)c(C(N)CN)c1. The van der Waals surface area contributed by atoms with E-state index in [1.165, 1.54) is 0 Å². The van der Waals surface area contributed by atoms with Crippen molar-refractivity contribution < 1.29 is 9.47 Å². The van der Waals surface area contributed by atoms with Crippen molar-refractivity contribution in [2.45, 2.75) is 37.8 Å². The molecule has 0 saturated heterocycles. The molecule has 0 bridgehead atoms. The van der Waals surface area contributed by atoms with Gasteiger partial charge in [-0.1, -0.05) is 32.0 Å². The highest BCUT2D eigenvalue weighted by Crippen LogP contribution is 2.36. The van der Waals surface area contributed by atoms with Gasteiger partial charge in [-0.15, -0.1) is 0 Å². The maximum atomic E-state index is 6.23. The van der Waals surface area contributed by atoms with E-state index in [2.05, 4.69) is 13.8 Å². The third kappa shape index (κ3) is 5.66. The predicted molar refractivity (Wildman–Crippen MR) is 116 cm³/mol. The second-order valence-corrected chi connectivity index (χ2v) is 7.53. The largest absolute Gasteiger partial charge is 0.474 e. The normalized spacial score (nSPS) is 14.9. The first-order chi connectivity index (χ1) is 13.7. The quantitative estimate of drug-likeness (QED) is 0.306. The zero-order valence-electron chi connectivity index (χ0n) is 17.2. The molecule has 3 unspecified atom stereocenters. The Morgan fingerprint density at radius 1 is 0.759 bits per heavy atom. The topological polar surface area (TPSA) is 175 Å². The van der Waals surface area contributed by atoms with Crippen molar-refractivity contribution in [3.05, 3.63) is 59.2 Å². The van der Waals surface area contributed by atoms with Crippen LogP contribution < -0.4 is 43.9 Å². The Hall–Kier alpha value is -2.20. The summed E-state index contributed by atoms with van der Waals surface area (Å²) in [6.45, 7) is 5.00. The van der Waals surface area contributed by atoms with Crippen molar-refractivity contribution in [2.75, 3.05) is 19.6 Å². The van der Waals surface area contributed by atoms with Crippen molar-refractivity contribution >= 4 is 0 Å². The van der Waals surface area contributed by atoms with Crippen molar-refractivity contribution in [2.24, 2.45) is 34.4 Å². The van der Waals surface area contributed by atoms with E-state index < -0.39 is 12.5 Å². The summed E-state index contributed by atoms with van der Waals surface area (Å²) < 4.78 is 11.3. The van der Waals surface area contributed by atoms with Crippen molar-refractivity contribution in [3.63, 3.8) is 0 Å². The number of hydrogen-bond donors (Lipinski definition) is 6. The van der Waals surface area contributed by atoms with E-state index in [1.54, 1.807) is 0 Å². The maximum Gasteiger partial charge on any atom is 0.160 e. The van der Waals surface area contributed by atoms with E-state index in [0.717, 1.165) is 16.7 Å². The van der Waals surface area contributed by atoms with Gasteiger partial charge < -0.3 is 32.4 Å². The average Bonchev–Trinajstić information content (AvgIpc) is 2.73. The van der Waals surface area contributed by atoms with E-state index in [0.29, 0.717) is 11.5 Å². The summed E-state index contributed by atoms with van der Waals surface area (Å²) in [6.07, 6.45) is -1.13. The molecule has 12 N–H and O–H groups in total. The molecule has 0 aromatic heterocycles. The fraction of sp³-hybridized carbons (Fsp3) is 0.429. The van der Waals surface area contributed by atoms with Crippen LogP contribution in [0.4, 0.5) is 0 Å². The lowest BCUT2D eigenvalue weighted by Gasteiger charge is -2.29. The van der Waals surface area contributed by atoms with Crippen molar-refractivity contribution in [1.29, 1.82) is 0 Å². The zero-order valence-corrected chi connectivity index (χ0v) is 17.2. The number of rotatable bonds is 10. The first-order valence-corrected chi connectivity index (χ1v) is 9.68. The van der Waals surface area contributed by atoms with Crippen LogP contribution in [0.3, 0.4) is 0 Å². The first-order valence-electron chi connectivity index (χ1n) is 9.68. The summed E-state index contributed by atoms with van der Waals surface area (Å²) >= 11 is 0. The van der Waals surface area contributed by atoms with Crippen LogP contribution in [0, 0.1) is 0 Å². The minimum atomic E-state index is -0.606. The van der Waals surface area contributed by atoms with Crippen LogP contribution in [-0.4, -0.2) is 32.1 Å². The van der Waals surface area contributed by atoms with Gasteiger partial charge in [0, 0.05) is 36.7 Å². The molecule has 0 aliphatic rings. The van der Waals surface area contributed by atoms with E-state index in [-0.39, 0.29) is 31.1 Å². The second kappa shape index (κ2) is 10.0. The summed E-state index contributed by atoms with van der Waals surface area (Å²) in [5.41, 5.74) is 37.4. The third-order valence-electron chi connectivity index (χ3n) is 4.99. The van der Waals surface area contributed by atoms with Gasteiger partial charge in [-0.25, -0.2) is 0 Å². The second-order valence-electron chi connectivity index (χ2n) is 7.53.